The van der Waals surface area contributed by atoms with Gasteiger partial charge in [0.05, 0.1) is 12.6 Å². The first-order valence-electron chi connectivity index (χ1n) is 6.64. The number of ether oxygens (including phenoxy) is 1. The molecule has 2 N–H and O–H groups in total. The quantitative estimate of drug-likeness (QED) is 0.774. The molecule has 0 spiro atoms. The van der Waals surface area contributed by atoms with Gasteiger partial charge in [-0.1, -0.05) is 11.6 Å². The Labute approximate surface area is 140 Å². The van der Waals surface area contributed by atoms with Gasteiger partial charge >= 0.3 is 0 Å². The van der Waals surface area contributed by atoms with E-state index in [-0.39, 0.29) is 24.4 Å². The van der Waals surface area contributed by atoms with Crippen molar-refractivity contribution in [3.05, 3.63) is 28.8 Å². The predicted molar refractivity (Wildman–Crippen MR) is 90.8 cm³/mol. The molecule has 0 aromatic heterocycles. The number of hydrogen-bond acceptors (Lipinski definition) is 4. The van der Waals surface area contributed by atoms with Gasteiger partial charge in [-0.2, -0.15) is 0 Å². The lowest BCUT2D eigenvalue weighted by Gasteiger charge is -2.12. The summed E-state index contributed by atoms with van der Waals surface area (Å²) in [5.41, 5.74) is 1.02. The van der Waals surface area contributed by atoms with Gasteiger partial charge < -0.3 is 10.1 Å². The number of aryl methyl sites for hydroxylation is 1. The first-order valence-corrected chi connectivity index (χ1v) is 8.18. The molecule has 1 amide bonds. The standard InChI is InChI=1S/C14H19ClN2O2S.ClH/c1-10-7-11(15)3-4-13(10)19-6-2-5-16-14(18)12-8-20-9-17-12;/h3-4,7,12,17H,2,5-6,8-9H2,1H3,(H,16,18);1H. The van der Waals surface area contributed by atoms with E-state index in [0.29, 0.717) is 18.2 Å². The highest BCUT2D eigenvalue weighted by molar-refractivity contribution is 7.99. The summed E-state index contributed by atoms with van der Waals surface area (Å²) in [4.78, 5) is 11.7. The van der Waals surface area contributed by atoms with Crippen LogP contribution >= 0.6 is 35.8 Å². The van der Waals surface area contributed by atoms with Crippen molar-refractivity contribution in [2.75, 3.05) is 24.8 Å². The van der Waals surface area contributed by atoms with E-state index in [1.54, 1.807) is 11.8 Å². The van der Waals surface area contributed by atoms with Gasteiger partial charge in [0.1, 0.15) is 5.75 Å². The SMILES string of the molecule is Cc1cc(Cl)ccc1OCCCNC(=O)C1CSCN1.Cl. The molecule has 1 aliphatic rings. The molecule has 1 aliphatic heterocycles. The van der Waals surface area contributed by atoms with Crippen LogP contribution < -0.4 is 15.4 Å². The lowest BCUT2D eigenvalue weighted by Crippen LogP contribution is -2.42. The fourth-order valence-corrected chi connectivity index (χ4v) is 3.10. The lowest BCUT2D eigenvalue weighted by molar-refractivity contribution is -0.122. The first kappa shape index (κ1) is 18.4. The van der Waals surface area contributed by atoms with E-state index >= 15 is 0 Å². The Morgan fingerprint density at radius 3 is 3.05 bits per heavy atom. The molecule has 1 saturated heterocycles. The van der Waals surface area contributed by atoms with Crippen LogP contribution in [0.25, 0.3) is 0 Å². The van der Waals surface area contributed by atoms with Crippen molar-refractivity contribution < 1.29 is 9.53 Å². The van der Waals surface area contributed by atoms with Gasteiger partial charge in [0.25, 0.3) is 0 Å². The molecular weight excluding hydrogens is 331 g/mol. The van der Waals surface area contributed by atoms with Crippen molar-refractivity contribution >= 4 is 41.7 Å². The maximum atomic E-state index is 11.7. The van der Waals surface area contributed by atoms with Crippen molar-refractivity contribution in [2.45, 2.75) is 19.4 Å². The Kier molecular flexibility index (Phi) is 8.26. The van der Waals surface area contributed by atoms with E-state index in [2.05, 4.69) is 10.6 Å². The maximum absolute atomic E-state index is 11.7. The third-order valence-electron chi connectivity index (χ3n) is 3.05. The fraction of sp³-hybridized carbons (Fsp3) is 0.500. The van der Waals surface area contributed by atoms with E-state index in [4.69, 9.17) is 16.3 Å². The molecule has 0 radical (unpaired) electrons. The predicted octanol–water partition coefficient (Wildman–Crippen LogP) is 2.62. The number of hydrogen-bond donors (Lipinski definition) is 2. The van der Waals surface area contributed by atoms with Crippen LogP contribution in [0.1, 0.15) is 12.0 Å². The number of carbonyl (C=O) groups excluding carboxylic acids is 1. The number of benzene rings is 1. The summed E-state index contributed by atoms with van der Waals surface area (Å²) in [6.07, 6.45) is 0.785. The molecule has 1 aromatic rings. The zero-order chi connectivity index (χ0) is 14.4. The topological polar surface area (TPSA) is 50.4 Å². The fourth-order valence-electron chi connectivity index (χ4n) is 1.93. The molecule has 1 aromatic carbocycles. The summed E-state index contributed by atoms with van der Waals surface area (Å²) in [6, 6.07) is 5.52. The second-order valence-electron chi connectivity index (χ2n) is 4.67. The Balaban J connectivity index is 0.00000220. The second kappa shape index (κ2) is 9.41. The molecule has 2 rings (SSSR count). The summed E-state index contributed by atoms with van der Waals surface area (Å²) >= 11 is 7.63. The Morgan fingerprint density at radius 1 is 1.57 bits per heavy atom. The van der Waals surface area contributed by atoms with Crippen molar-refractivity contribution in [3.63, 3.8) is 0 Å². The molecule has 7 heteroatoms. The van der Waals surface area contributed by atoms with Crippen LogP contribution in [0.5, 0.6) is 5.75 Å². The normalized spacial score (nSPS) is 17.1. The number of rotatable bonds is 6. The van der Waals surface area contributed by atoms with E-state index in [1.807, 2.05) is 25.1 Å². The zero-order valence-corrected chi connectivity index (χ0v) is 14.2. The third kappa shape index (κ3) is 5.94. The molecule has 118 valence electrons. The molecule has 0 bridgehead atoms. The number of halogens is 2. The van der Waals surface area contributed by atoms with Crippen molar-refractivity contribution in [1.29, 1.82) is 0 Å². The number of amides is 1. The summed E-state index contributed by atoms with van der Waals surface area (Å²) in [6.45, 7) is 3.18. The molecule has 0 aliphatic carbocycles. The van der Waals surface area contributed by atoms with Crippen LogP contribution in [0.3, 0.4) is 0 Å². The van der Waals surface area contributed by atoms with Gasteiger partial charge in [-0.3, -0.25) is 10.1 Å². The molecule has 21 heavy (non-hydrogen) atoms. The highest BCUT2D eigenvalue weighted by Crippen LogP contribution is 2.21. The molecule has 1 fully saturated rings. The molecule has 1 unspecified atom stereocenters. The van der Waals surface area contributed by atoms with Crippen LogP contribution in [-0.2, 0) is 4.79 Å². The molecule has 1 atom stereocenters. The number of carbonyl (C=O) groups is 1. The van der Waals surface area contributed by atoms with E-state index in [9.17, 15) is 4.79 Å². The van der Waals surface area contributed by atoms with Gasteiger partial charge in [0, 0.05) is 23.2 Å². The van der Waals surface area contributed by atoms with Crippen molar-refractivity contribution in [1.82, 2.24) is 10.6 Å². The van der Waals surface area contributed by atoms with Crippen molar-refractivity contribution in [3.8, 4) is 5.75 Å². The van der Waals surface area contributed by atoms with Gasteiger partial charge in [-0.15, -0.1) is 24.2 Å². The lowest BCUT2D eigenvalue weighted by atomic mass is 10.2. The third-order valence-corrected chi connectivity index (χ3v) is 4.22. The molecule has 4 nitrogen and oxygen atoms in total. The van der Waals surface area contributed by atoms with Gasteiger partial charge in [-0.25, -0.2) is 0 Å². The zero-order valence-electron chi connectivity index (χ0n) is 11.9. The molecular formula is C14H20Cl2N2O2S. The van der Waals surface area contributed by atoms with Crippen LogP contribution in [-0.4, -0.2) is 36.7 Å². The maximum Gasteiger partial charge on any atom is 0.238 e. The summed E-state index contributed by atoms with van der Waals surface area (Å²) in [5, 5.41) is 6.77. The average molecular weight is 351 g/mol. The van der Waals surface area contributed by atoms with Crippen LogP contribution in [0.15, 0.2) is 18.2 Å². The Morgan fingerprint density at radius 2 is 2.38 bits per heavy atom. The van der Waals surface area contributed by atoms with Gasteiger partial charge in [0.15, 0.2) is 0 Å². The van der Waals surface area contributed by atoms with Crippen LogP contribution in [0.4, 0.5) is 0 Å². The van der Waals surface area contributed by atoms with Crippen LogP contribution in [0.2, 0.25) is 5.02 Å². The average Bonchev–Trinajstić information content (AvgIpc) is 2.94. The smallest absolute Gasteiger partial charge is 0.238 e. The van der Waals surface area contributed by atoms with E-state index < -0.39 is 0 Å². The van der Waals surface area contributed by atoms with Crippen LogP contribution in [0, 0.1) is 6.92 Å². The summed E-state index contributed by atoms with van der Waals surface area (Å²) < 4.78 is 5.67. The highest BCUT2D eigenvalue weighted by atomic mass is 35.5. The van der Waals surface area contributed by atoms with Crippen molar-refractivity contribution in [2.24, 2.45) is 0 Å². The minimum Gasteiger partial charge on any atom is -0.493 e. The van der Waals surface area contributed by atoms with Gasteiger partial charge in [0.2, 0.25) is 5.91 Å². The van der Waals surface area contributed by atoms with E-state index in [0.717, 1.165) is 29.4 Å². The Hall–Kier alpha value is -0.620. The minimum absolute atomic E-state index is 0. The second-order valence-corrected chi connectivity index (χ2v) is 6.14. The summed E-state index contributed by atoms with van der Waals surface area (Å²) in [7, 11) is 0. The molecule has 0 saturated carbocycles. The highest BCUT2D eigenvalue weighted by Gasteiger charge is 2.21. The van der Waals surface area contributed by atoms with Gasteiger partial charge in [-0.05, 0) is 37.1 Å². The van der Waals surface area contributed by atoms with E-state index in [1.165, 1.54) is 0 Å². The number of nitrogens with one attached hydrogen (secondary N) is 2. The summed E-state index contributed by atoms with van der Waals surface area (Å²) in [5.74, 6) is 2.64. The monoisotopic (exact) mass is 350 g/mol. The Bertz CT molecular complexity index is 468. The number of thioether (sulfide) groups is 1. The largest absolute Gasteiger partial charge is 0.493 e. The first-order chi connectivity index (χ1) is 9.66. The minimum atomic E-state index is -0.0422. The molecule has 1 heterocycles.